The van der Waals surface area contributed by atoms with E-state index in [9.17, 15) is 9.59 Å². The Morgan fingerprint density at radius 2 is 1.96 bits per heavy atom. The van der Waals surface area contributed by atoms with Gasteiger partial charge in [-0.3, -0.25) is 14.3 Å². The molecule has 1 aromatic heterocycles. The van der Waals surface area contributed by atoms with Gasteiger partial charge >= 0.3 is 5.69 Å². The number of hydrogen-bond acceptors (Lipinski definition) is 3. The van der Waals surface area contributed by atoms with Crippen LogP contribution in [-0.4, -0.2) is 22.3 Å². The third-order valence-electron chi connectivity index (χ3n) is 4.47. The van der Waals surface area contributed by atoms with Crippen LogP contribution in [0.15, 0.2) is 39.9 Å². The first-order chi connectivity index (χ1) is 11.1. The number of rotatable bonds is 4. The van der Waals surface area contributed by atoms with E-state index >= 15 is 0 Å². The van der Waals surface area contributed by atoms with Gasteiger partial charge in [-0.1, -0.05) is 30.3 Å². The van der Waals surface area contributed by atoms with E-state index in [1.807, 2.05) is 30.3 Å². The van der Waals surface area contributed by atoms with Crippen molar-refractivity contribution >= 4 is 5.82 Å². The van der Waals surface area contributed by atoms with E-state index < -0.39 is 0 Å². The van der Waals surface area contributed by atoms with Crippen LogP contribution in [0.1, 0.15) is 25.0 Å². The van der Waals surface area contributed by atoms with Crippen LogP contribution >= 0.6 is 0 Å². The van der Waals surface area contributed by atoms with Gasteiger partial charge < -0.3 is 10.2 Å². The maximum absolute atomic E-state index is 12.2. The molecule has 6 nitrogen and oxygen atoms in total. The van der Waals surface area contributed by atoms with E-state index in [1.165, 1.54) is 10.5 Å². The Hall–Kier alpha value is -2.34. The fourth-order valence-corrected chi connectivity index (χ4v) is 2.97. The molecule has 1 atom stereocenters. The number of hydrogen-bond donors (Lipinski definition) is 3. The van der Waals surface area contributed by atoms with E-state index in [2.05, 4.69) is 24.1 Å². The van der Waals surface area contributed by atoms with Gasteiger partial charge in [-0.15, -0.1) is 0 Å². The van der Waals surface area contributed by atoms with Gasteiger partial charge in [0, 0.05) is 6.54 Å². The van der Waals surface area contributed by atoms with Crippen LogP contribution in [0.4, 0.5) is 5.82 Å². The van der Waals surface area contributed by atoms with Crippen molar-refractivity contribution in [2.75, 3.05) is 12.0 Å². The summed E-state index contributed by atoms with van der Waals surface area (Å²) in [6.45, 7) is 6.16. The van der Waals surface area contributed by atoms with Crippen LogP contribution in [0.5, 0.6) is 0 Å². The van der Waals surface area contributed by atoms with Gasteiger partial charge in [0.2, 0.25) is 0 Å². The molecule has 2 aromatic rings. The molecule has 0 radical (unpaired) electrons. The molecule has 2 heterocycles. The Bertz CT molecular complexity index is 792. The molecule has 23 heavy (non-hydrogen) atoms. The van der Waals surface area contributed by atoms with Gasteiger partial charge in [-0.25, -0.2) is 4.79 Å². The van der Waals surface area contributed by atoms with Gasteiger partial charge in [0.25, 0.3) is 5.56 Å². The first-order valence-electron chi connectivity index (χ1n) is 8.04. The zero-order valence-electron chi connectivity index (χ0n) is 13.6. The summed E-state index contributed by atoms with van der Waals surface area (Å²) >= 11 is 0. The highest BCUT2D eigenvalue weighted by Gasteiger charge is 2.26. The standard InChI is InChI=1S/C17H22N4O2/c1-12(2)20-10-14-15(18-11-20)21(17(23)19-16(14)22)9-8-13-6-4-3-5-7-13/h3-7,12,18H,8-11H2,1-2H3,(H,19,22,23)/p+1. The Labute approximate surface area is 134 Å². The molecule has 0 bridgehead atoms. The number of H-pyrrole nitrogens is 1. The molecule has 0 saturated carbocycles. The second-order valence-electron chi connectivity index (χ2n) is 6.32. The number of nitrogens with zero attached hydrogens (tertiary/aromatic N) is 1. The second-order valence-corrected chi connectivity index (χ2v) is 6.32. The number of quaternary nitrogens is 1. The largest absolute Gasteiger partial charge is 0.329 e. The fourth-order valence-electron chi connectivity index (χ4n) is 2.97. The van der Waals surface area contributed by atoms with Crippen molar-refractivity contribution in [2.45, 2.75) is 39.4 Å². The molecule has 1 aliphatic rings. The third-order valence-corrected chi connectivity index (χ3v) is 4.47. The highest BCUT2D eigenvalue weighted by atomic mass is 16.2. The highest BCUT2D eigenvalue weighted by molar-refractivity contribution is 5.44. The molecule has 6 heteroatoms. The quantitative estimate of drug-likeness (QED) is 0.741. The summed E-state index contributed by atoms with van der Waals surface area (Å²) in [5.74, 6) is 0.680. The minimum absolute atomic E-state index is 0.272. The monoisotopic (exact) mass is 315 g/mol. The molecule has 1 unspecified atom stereocenters. The number of aromatic nitrogens is 2. The number of nitrogens with one attached hydrogen (secondary N) is 3. The maximum atomic E-state index is 12.2. The third kappa shape index (κ3) is 3.22. The Balaban J connectivity index is 1.91. The lowest BCUT2D eigenvalue weighted by Gasteiger charge is -2.30. The summed E-state index contributed by atoms with van der Waals surface area (Å²) < 4.78 is 1.65. The van der Waals surface area contributed by atoms with E-state index in [4.69, 9.17) is 0 Å². The molecular weight excluding hydrogens is 292 g/mol. The zero-order valence-corrected chi connectivity index (χ0v) is 13.6. The minimum atomic E-state index is -0.342. The first-order valence-corrected chi connectivity index (χ1v) is 8.04. The smallest absolute Gasteiger partial charge is 0.324 e. The van der Waals surface area contributed by atoms with Crippen LogP contribution in [0.25, 0.3) is 0 Å². The van der Waals surface area contributed by atoms with Crippen molar-refractivity contribution in [3.8, 4) is 0 Å². The fraction of sp³-hybridized carbons (Fsp3) is 0.412. The molecule has 0 aliphatic carbocycles. The van der Waals surface area contributed by atoms with Crippen molar-refractivity contribution < 1.29 is 4.90 Å². The van der Waals surface area contributed by atoms with E-state index in [0.717, 1.165) is 13.1 Å². The number of benzene rings is 1. The Morgan fingerprint density at radius 1 is 1.22 bits per heavy atom. The molecule has 3 N–H and O–H groups in total. The summed E-state index contributed by atoms with van der Waals surface area (Å²) in [7, 11) is 0. The van der Waals surface area contributed by atoms with Crippen LogP contribution in [0.3, 0.4) is 0 Å². The summed E-state index contributed by atoms with van der Waals surface area (Å²) in [5.41, 5.74) is 1.23. The van der Waals surface area contributed by atoms with Crippen molar-refractivity contribution in [1.29, 1.82) is 0 Å². The average Bonchev–Trinajstić information content (AvgIpc) is 2.55. The first kappa shape index (κ1) is 15.6. The van der Waals surface area contributed by atoms with E-state index in [1.54, 1.807) is 4.57 Å². The predicted molar refractivity (Wildman–Crippen MR) is 89.8 cm³/mol. The SMILES string of the molecule is CC(C)[NH+]1CNc2c(c(=O)[nH]c(=O)n2CCc2ccccc2)C1. The molecule has 1 aliphatic heterocycles. The van der Waals surface area contributed by atoms with Gasteiger partial charge in [0.05, 0.1) is 6.04 Å². The van der Waals surface area contributed by atoms with Gasteiger partial charge in [-0.2, -0.15) is 0 Å². The summed E-state index contributed by atoms with van der Waals surface area (Å²) in [4.78, 5) is 28.1. The van der Waals surface area contributed by atoms with Crippen LogP contribution in [0, 0.1) is 0 Å². The number of aromatic amines is 1. The van der Waals surface area contributed by atoms with Gasteiger partial charge in [-0.05, 0) is 25.8 Å². The topological polar surface area (TPSA) is 71.3 Å². The number of fused-ring (bicyclic) bond motifs is 1. The summed E-state index contributed by atoms with van der Waals surface area (Å²) in [6, 6.07) is 10.5. The second kappa shape index (κ2) is 6.42. The Kier molecular flexibility index (Phi) is 4.34. The van der Waals surface area contributed by atoms with Crippen molar-refractivity contribution in [3.05, 3.63) is 62.3 Å². The summed E-state index contributed by atoms with van der Waals surface area (Å²) in [6.07, 6.45) is 0.752. The lowest BCUT2D eigenvalue weighted by molar-refractivity contribution is -0.933. The average molecular weight is 315 g/mol. The predicted octanol–water partition coefficient (Wildman–Crippen LogP) is -0.0444. The van der Waals surface area contributed by atoms with Crippen molar-refractivity contribution in [2.24, 2.45) is 0 Å². The maximum Gasteiger partial charge on any atom is 0.329 e. The highest BCUT2D eigenvalue weighted by Crippen LogP contribution is 2.11. The number of anilines is 1. The molecule has 0 fully saturated rings. The molecule has 1 aromatic carbocycles. The van der Waals surface area contributed by atoms with Crippen molar-refractivity contribution in [1.82, 2.24) is 9.55 Å². The number of aryl methyl sites for hydroxylation is 1. The molecule has 3 rings (SSSR count). The molecular formula is C17H23N4O2+. The zero-order chi connectivity index (χ0) is 16.4. The van der Waals surface area contributed by atoms with Gasteiger partial charge in [0.1, 0.15) is 17.9 Å². The van der Waals surface area contributed by atoms with Crippen LogP contribution in [-0.2, 0) is 19.5 Å². The molecule has 0 amide bonds. The van der Waals surface area contributed by atoms with E-state index in [-0.39, 0.29) is 11.2 Å². The molecule has 122 valence electrons. The van der Waals surface area contributed by atoms with Crippen LogP contribution in [0.2, 0.25) is 0 Å². The molecule has 0 saturated heterocycles. The van der Waals surface area contributed by atoms with Gasteiger partial charge in [0.15, 0.2) is 6.67 Å². The summed E-state index contributed by atoms with van der Waals surface area (Å²) in [5, 5.41) is 3.29. The molecule has 0 spiro atoms. The lowest BCUT2D eigenvalue weighted by Crippen LogP contribution is -3.15. The van der Waals surface area contributed by atoms with E-state index in [0.29, 0.717) is 30.5 Å². The lowest BCUT2D eigenvalue weighted by atomic mass is 10.1. The van der Waals surface area contributed by atoms with Crippen LogP contribution < -0.4 is 21.5 Å². The minimum Gasteiger partial charge on any atom is -0.324 e. The normalized spacial score (nSPS) is 16.9. The van der Waals surface area contributed by atoms with Crippen molar-refractivity contribution in [3.63, 3.8) is 0 Å². The Morgan fingerprint density at radius 3 is 2.65 bits per heavy atom.